The monoisotopic (exact) mass is 279 g/mol. The van der Waals surface area contributed by atoms with Gasteiger partial charge in [0.25, 0.3) is 0 Å². The van der Waals surface area contributed by atoms with Gasteiger partial charge in [-0.2, -0.15) is 0 Å². The van der Waals surface area contributed by atoms with Crippen LogP contribution in [0, 0.1) is 17.5 Å². The Bertz CT molecular complexity index is 596. The van der Waals surface area contributed by atoms with Crippen LogP contribution in [0.5, 0.6) is 0 Å². The molecule has 0 aromatic heterocycles. The van der Waals surface area contributed by atoms with Crippen molar-refractivity contribution in [2.75, 3.05) is 6.54 Å². The molecule has 0 aliphatic heterocycles. The molecule has 0 aliphatic carbocycles. The van der Waals surface area contributed by atoms with Crippen LogP contribution >= 0.6 is 0 Å². The van der Waals surface area contributed by atoms with Crippen molar-refractivity contribution in [3.05, 3.63) is 59.4 Å². The maximum Gasteiger partial charge on any atom is 0.159 e. The van der Waals surface area contributed by atoms with E-state index in [1.165, 1.54) is 18.2 Å². The second-order valence-corrected chi connectivity index (χ2v) is 4.61. The third-order valence-electron chi connectivity index (χ3n) is 3.04. The van der Waals surface area contributed by atoms with Crippen LogP contribution < -0.4 is 5.32 Å². The van der Waals surface area contributed by atoms with E-state index in [4.69, 9.17) is 0 Å². The number of nitrogens with one attached hydrogen (secondary N) is 1. The summed E-state index contributed by atoms with van der Waals surface area (Å²) in [6.07, 6.45) is 0.988. The predicted molar refractivity (Wildman–Crippen MR) is 73.7 cm³/mol. The smallest absolute Gasteiger partial charge is 0.159 e. The average Bonchev–Trinajstić information content (AvgIpc) is 2.44. The second kappa shape index (κ2) is 6.57. The van der Waals surface area contributed by atoms with Gasteiger partial charge in [-0.15, -0.1) is 0 Å². The van der Waals surface area contributed by atoms with Gasteiger partial charge in [0.05, 0.1) is 0 Å². The van der Waals surface area contributed by atoms with Crippen LogP contribution in [0.15, 0.2) is 36.4 Å². The van der Waals surface area contributed by atoms with Crippen LogP contribution in [-0.4, -0.2) is 6.54 Å². The number of halogens is 3. The van der Waals surface area contributed by atoms with Crippen molar-refractivity contribution in [1.29, 1.82) is 0 Å². The number of hydrogen-bond donors (Lipinski definition) is 1. The van der Waals surface area contributed by atoms with Crippen molar-refractivity contribution >= 4 is 0 Å². The summed E-state index contributed by atoms with van der Waals surface area (Å²) in [4.78, 5) is 0. The summed E-state index contributed by atoms with van der Waals surface area (Å²) >= 11 is 0. The lowest BCUT2D eigenvalue weighted by atomic mass is 9.99. The van der Waals surface area contributed by atoms with E-state index in [9.17, 15) is 13.2 Å². The molecular weight excluding hydrogens is 263 g/mol. The van der Waals surface area contributed by atoms with E-state index in [-0.39, 0.29) is 0 Å². The minimum absolute atomic E-state index is 0.399. The molecule has 0 fully saturated rings. The zero-order valence-corrected chi connectivity index (χ0v) is 11.2. The molecule has 2 rings (SSSR count). The van der Waals surface area contributed by atoms with Crippen LogP contribution in [-0.2, 0) is 6.54 Å². The van der Waals surface area contributed by atoms with E-state index in [2.05, 4.69) is 5.32 Å². The van der Waals surface area contributed by atoms with Gasteiger partial charge in [0.2, 0.25) is 0 Å². The normalized spacial score (nSPS) is 10.8. The van der Waals surface area contributed by atoms with Crippen molar-refractivity contribution in [2.24, 2.45) is 0 Å². The Morgan fingerprint density at radius 3 is 2.45 bits per heavy atom. The van der Waals surface area contributed by atoms with Gasteiger partial charge in [-0.25, -0.2) is 13.2 Å². The molecule has 1 N–H and O–H groups in total. The third kappa shape index (κ3) is 3.39. The minimum atomic E-state index is -0.931. The molecule has 0 atom stereocenters. The predicted octanol–water partition coefficient (Wildman–Crippen LogP) is 4.27. The first-order valence-electron chi connectivity index (χ1n) is 6.56. The van der Waals surface area contributed by atoms with Crippen molar-refractivity contribution in [3.8, 4) is 11.1 Å². The van der Waals surface area contributed by atoms with Gasteiger partial charge in [-0.05, 0) is 53.9 Å². The van der Waals surface area contributed by atoms with E-state index in [1.54, 1.807) is 6.07 Å². The Balaban J connectivity index is 2.37. The SMILES string of the molecule is CCCNCc1ccc(F)cc1-c1ccc(F)c(F)c1. The maximum absolute atomic E-state index is 13.4. The quantitative estimate of drug-likeness (QED) is 0.806. The fourth-order valence-corrected chi connectivity index (χ4v) is 2.04. The van der Waals surface area contributed by atoms with Crippen LogP contribution in [0.25, 0.3) is 11.1 Å². The van der Waals surface area contributed by atoms with Crippen LogP contribution in [0.1, 0.15) is 18.9 Å². The molecule has 2 aromatic rings. The lowest BCUT2D eigenvalue weighted by Crippen LogP contribution is -2.14. The summed E-state index contributed by atoms with van der Waals surface area (Å²) in [7, 11) is 0. The third-order valence-corrected chi connectivity index (χ3v) is 3.04. The van der Waals surface area contributed by atoms with E-state index >= 15 is 0 Å². The summed E-state index contributed by atoms with van der Waals surface area (Å²) < 4.78 is 39.7. The summed E-state index contributed by atoms with van der Waals surface area (Å²) in [5.74, 6) is -2.24. The molecule has 0 unspecified atom stereocenters. The Kier molecular flexibility index (Phi) is 4.79. The highest BCUT2D eigenvalue weighted by Gasteiger charge is 2.09. The highest BCUT2D eigenvalue weighted by Crippen LogP contribution is 2.26. The molecule has 0 radical (unpaired) electrons. The topological polar surface area (TPSA) is 12.0 Å². The molecule has 0 heterocycles. The van der Waals surface area contributed by atoms with Crippen LogP contribution in [0.4, 0.5) is 13.2 Å². The van der Waals surface area contributed by atoms with Gasteiger partial charge >= 0.3 is 0 Å². The fraction of sp³-hybridized carbons (Fsp3) is 0.250. The molecule has 4 heteroatoms. The summed E-state index contributed by atoms with van der Waals surface area (Å²) in [6.45, 7) is 3.45. The molecule has 0 amide bonds. The van der Waals surface area contributed by atoms with Crippen molar-refractivity contribution in [3.63, 3.8) is 0 Å². The van der Waals surface area contributed by atoms with Gasteiger partial charge in [-0.1, -0.05) is 19.1 Å². The Morgan fingerprint density at radius 2 is 1.75 bits per heavy atom. The largest absolute Gasteiger partial charge is 0.313 e. The van der Waals surface area contributed by atoms with Gasteiger partial charge in [0, 0.05) is 6.54 Å². The summed E-state index contributed by atoms with van der Waals surface area (Å²) in [5, 5.41) is 3.22. The minimum Gasteiger partial charge on any atom is -0.313 e. The van der Waals surface area contributed by atoms with E-state index < -0.39 is 17.5 Å². The molecular formula is C16H16F3N. The molecule has 0 saturated carbocycles. The second-order valence-electron chi connectivity index (χ2n) is 4.61. The summed E-state index contributed by atoms with van der Waals surface area (Å²) in [6, 6.07) is 7.97. The molecule has 20 heavy (non-hydrogen) atoms. The Hall–Kier alpha value is -1.81. The zero-order valence-electron chi connectivity index (χ0n) is 11.2. The molecule has 2 aromatic carbocycles. The highest BCUT2D eigenvalue weighted by molar-refractivity contribution is 5.67. The molecule has 0 bridgehead atoms. The first-order chi connectivity index (χ1) is 9.61. The molecule has 0 saturated heterocycles. The molecule has 1 nitrogen and oxygen atoms in total. The molecule has 0 aliphatic rings. The maximum atomic E-state index is 13.4. The van der Waals surface area contributed by atoms with Gasteiger partial charge in [-0.3, -0.25) is 0 Å². The van der Waals surface area contributed by atoms with Crippen molar-refractivity contribution < 1.29 is 13.2 Å². The lowest BCUT2D eigenvalue weighted by Gasteiger charge is -2.11. The zero-order chi connectivity index (χ0) is 14.5. The Labute approximate surface area is 116 Å². The molecule has 0 spiro atoms. The fourth-order valence-electron chi connectivity index (χ4n) is 2.04. The Morgan fingerprint density at radius 1 is 0.950 bits per heavy atom. The lowest BCUT2D eigenvalue weighted by molar-refractivity contribution is 0.509. The summed E-state index contributed by atoms with van der Waals surface area (Å²) in [5.41, 5.74) is 1.90. The van der Waals surface area contributed by atoms with Gasteiger partial charge in [0.15, 0.2) is 11.6 Å². The van der Waals surface area contributed by atoms with Crippen molar-refractivity contribution in [2.45, 2.75) is 19.9 Å². The van der Waals surface area contributed by atoms with Gasteiger partial charge in [0.1, 0.15) is 5.82 Å². The highest BCUT2D eigenvalue weighted by atomic mass is 19.2. The van der Waals surface area contributed by atoms with Gasteiger partial charge < -0.3 is 5.32 Å². The van der Waals surface area contributed by atoms with E-state index in [0.29, 0.717) is 17.7 Å². The van der Waals surface area contributed by atoms with Crippen molar-refractivity contribution in [1.82, 2.24) is 5.32 Å². The van der Waals surface area contributed by atoms with E-state index in [1.807, 2.05) is 6.92 Å². The number of benzene rings is 2. The number of rotatable bonds is 5. The first-order valence-corrected chi connectivity index (χ1v) is 6.56. The standard InChI is InChI=1S/C16H16F3N/c1-2-7-20-10-12-3-5-13(17)9-14(12)11-4-6-15(18)16(19)8-11/h3-6,8-9,20H,2,7,10H2,1H3. The van der Waals surface area contributed by atoms with Crippen LogP contribution in [0.2, 0.25) is 0 Å². The number of hydrogen-bond acceptors (Lipinski definition) is 1. The molecule has 106 valence electrons. The average molecular weight is 279 g/mol. The van der Waals surface area contributed by atoms with E-state index in [0.717, 1.165) is 30.7 Å². The first kappa shape index (κ1) is 14.6. The van der Waals surface area contributed by atoms with Crippen LogP contribution in [0.3, 0.4) is 0 Å².